The summed E-state index contributed by atoms with van der Waals surface area (Å²) in [4.78, 5) is 10.7. The van der Waals surface area contributed by atoms with Crippen LogP contribution in [0.4, 0.5) is 5.82 Å². The first-order chi connectivity index (χ1) is 6.02. The van der Waals surface area contributed by atoms with Crippen molar-refractivity contribution in [2.24, 2.45) is 0 Å². The lowest BCUT2D eigenvalue weighted by molar-refractivity contribution is -0.141. The van der Waals surface area contributed by atoms with Gasteiger partial charge in [-0.1, -0.05) is 0 Å². The first kappa shape index (κ1) is 9.44. The normalized spacial score (nSPS) is 10.9. The number of rotatable bonds is 3. The average Bonchev–Trinajstić information content (AvgIpc) is 2.05. The van der Waals surface area contributed by atoms with E-state index in [1.165, 1.54) is 6.20 Å². The van der Waals surface area contributed by atoms with Gasteiger partial charge in [-0.05, 0) is 26.0 Å². The second kappa shape index (κ2) is 3.38. The van der Waals surface area contributed by atoms with Crippen molar-refractivity contribution in [3.05, 3.63) is 18.3 Å². The van der Waals surface area contributed by atoms with Gasteiger partial charge in [0.2, 0.25) is 0 Å². The number of carbonyl (C=O) groups is 1. The standard InChI is InChI=1S/C8H11N3O2/c1-8(2,7(12)13)10-6-4-3-5-9-11-6/h3-5H,1-2H3,(H,10,11)(H,12,13). The summed E-state index contributed by atoms with van der Waals surface area (Å²) in [7, 11) is 0. The van der Waals surface area contributed by atoms with Crippen molar-refractivity contribution in [1.82, 2.24) is 10.2 Å². The van der Waals surface area contributed by atoms with E-state index in [1.54, 1.807) is 26.0 Å². The minimum absolute atomic E-state index is 0.454. The molecular formula is C8H11N3O2. The molecule has 1 rings (SSSR count). The first-order valence-electron chi connectivity index (χ1n) is 3.81. The fourth-order valence-corrected chi connectivity index (χ4v) is 0.742. The summed E-state index contributed by atoms with van der Waals surface area (Å²) in [6.45, 7) is 3.12. The Balaban J connectivity index is 2.75. The van der Waals surface area contributed by atoms with Crippen molar-refractivity contribution in [2.45, 2.75) is 19.4 Å². The van der Waals surface area contributed by atoms with Crippen molar-refractivity contribution >= 4 is 11.8 Å². The quantitative estimate of drug-likeness (QED) is 0.719. The number of aromatic nitrogens is 2. The molecule has 0 saturated carbocycles. The summed E-state index contributed by atoms with van der Waals surface area (Å²) in [5.41, 5.74) is -1.03. The van der Waals surface area contributed by atoms with Gasteiger partial charge in [-0.15, -0.1) is 5.10 Å². The fourth-order valence-electron chi connectivity index (χ4n) is 0.742. The molecule has 0 bridgehead atoms. The summed E-state index contributed by atoms with van der Waals surface area (Å²) in [6.07, 6.45) is 1.53. The predicted octanol–water partition coefficient (Wildman–Crippen LogP) is 0.752. The average molecular weight is 181 g/mol. The maximum Gasteiger partial charge on any atom is 0.328 e. The molecule has 0 saturated heterocycles. The largest absolute Gasteiger partial charge is 0.480 e. The predicted molar refractivity (Wildman–Crippen MR) is 47.4 cm³/mol. The molecule has 1 aromatic rings. The van der Waals surface area contributed by atoms with Crippen LogP contribution in [0.15, 0.2) is 18.3 Å². The molecule has 0 atom stereocenters. The number of nitrogens with zero attached hydrogens (tertiary/aromatic N) is 2. The highest BCUT2D eigenvalue weighted by Crippen LogP contribution is 2.10. The number of aliphatic carboxylic acids is 1. The lowest BCUT2D eigenvalue weighted by Gasteiger charge is -2.20. The van der Waals surface area contributed by atoms with E-state index >= 15 is 0 Å². The Hall–Kier alpha value is -1.65. The van der Waals surface area contributed by atoms with Gasteiger partial charge in [0, 0.05) is 6.20 Å². The molecule has 0 unspecified atom stereocenters. The van der Waals surface area contributed by atoms with Gasteiger partial charge < -0.3 is 10.4 Å². The van der Waals surface area contributed by atoms with Gasteiger partial charge in [-0.25, -0.2) is 4.79 Å². The maximum atomic E-state index is 10.7. The van der Waals surface area contributed by atoms with E-state index < -0.39 is 11.5 Å². The van der Waals surface area contributed by atoms with Crippen LogP contribution in [0.25, 0.3) is 0 Å². The van der Waals surface area contributed by atoms with Crippen LogP contribution >= 0.6 is 0 Å². The van der Waals surface area contributed by atoms with E-state index in [2.05, 4.69) is 15.5 Å². The van der Waals surface area contributed by atoms with Crippen LogP contribution in [0, 0.1) is 0 Å². The second-order valence-electron chi connectivity index (χ2n) is 3.16. The first-order valence-corrected chi connectivity index (χ1v) is 3.81. The molecule has 0 amide bonds. The van der Waals surface area contributed by atoms with Crippen LogP contribution < -0.4 is 5.32 Å². The molecule has 0 aromatic carbocycles. The molecule has 1 heterocycles. The van der Waals surface area contributed by atoms with Crippen LogP contribution in [0.3, 0.4) is 0 Å². The van der Waals surface area contributed by atoms with E-state index in [1.807, 2.05) is 0 Å². The Morgan fingerprint density at radius 3 is 2.77 bits per heavy atom. The highest BCUT2D eigenvalue weighted by Gasteiger charge is 2.26. The summed E-state index contributed by atoms with van der Waals surface area (Å²) in [6, 6.07) is 3.35. The van der Waals surface area contributed by atoms with Gasteiger partial charge in [-0.3, -0.25) is 0 Å². The number of nitrogens with one attached hydrogen (secondary N) is 1. The zero-order chi connectivity index (χ0) is 9.90. The summed E-state index contributed by atoms with van der Waals surface area (Å²) in [5.74, 6) is -0.479. The molecule has 0 fully saturated rings. The summed E-state index contributed by atoms with van der Waals surface area (Å²) >= 11 is 0. The molecule has 1 aromatic heterocycles. The zero-order valence-corrected chi connectivity index (χ0v) is 7.48. The molecule has 5 nitrogen and oxygen atoms in total. The van der Waals surface area contributed by atoms with Gasteiger partial charge in [0.1, 0.15) is 11.4 Å². The molecule has 0 aliphatic rings. The van der Waals surface area contributed by atoms with Gasteiger partial charge in [0.25, 0.3) is 0 Å². The Bertz CT molecular complexity index is 298. The molecular weight excluding hydrogens is 170 g/mol. The highest BCUT2D eigenvalue weighted by atomic mass is 16.4. The Morgan fingerprint density at radius 1 is 1.62 bits per heavy atom. The van der Waals surface area contributed by atoms with Crippen molar-refractivity contribution in [3.63, 3.8) is 0 Å². The number of anilines is 1. The van der Waals surface area contributed by atoms with Crippen molar-refractivity contribution in [2.75, 3.05) is 5.32 Å². The van der Waals surface area contributed by atoms with Gasteiger partial charge in [-0.2, -0.15) is 5.10 Å². The van der Waals surface area contributed by atoms with Crippen LogP contribution in [-0.4, -0.2) is 26.8 Å². The number of hydrogen-bond donors (Lipinski definition) is 2. The maximum absolute atomic E-state index is 10.7. The number of carboxylic acids is 1. The topological polar surface area (TPSA) is 75.1 Å². The Morgan fingerprint density at radius 2 is 2.31 bits per heavy atom. The van der Waals surface area contributed by atoms with Gasteiger partial charge in [0.05, 0.1) is 0 Å². The lowest BCUT2D eigenvalue weighted by Crippen LogP contribution is -2.40. The van der Waals surface area contributed by atoms with E-state index in [9.17, 15) is 4.79 Å². The fraction of sp³-hybridized carbons (Fsp3) is 0.375. The molecule has 13 heavy (non-hydrogen) atoms. The smallest absolute Gasteiger partial charge is 0.328 e. The van der Waals surface area contributed by atoms with Crippen molar-refractivity contribution in [3.8, 4) is 0 Å². The highest BCUT2D eigenvalue weighted by molar-refractivity contribution is 5.81. The van der Waals surface area contributed by atoms with E-state index in [4.69, 9.17) is 5.11 Å². The summed E-state index contributed by atoms with van der Waals surface area (Å²) in [5, 5.41) is 18.9. The molecule has 0 aliphatic heterocycles. The second-order valence-corrected chi connectivity index (χ2v) is 3.16. The molecule has 5 heteroatoms. The van der Waals surface area contributed by atoms with Gasteiger partial charge in [0.15, 0.2) is 0 Å². The van der Waals surface area contributed by atoms with Gasteiger partial charge >= 0.3 is 5.97 Å². The SMILES string of the molecule is CC(C)(Nc1cccnn1)C(=O)O. The monoisotopic (exact) mass is 181 g/mol. The van der Waals surface area contributed by atoms with Crippen LogP contribution in [0.2, 0.25) is 0 Å². The minimum Gasteiger partial charge on any atom is -0.480 e. The minimum atomic E-state index is -1.03. The Kier molecular flexibility index (Phi) is 2.46. The van der Waals surface area contributed by atoms with Crippen molar-refractivity contribution < 1.29 is 9.90 Å². The molecule has 0 radical (unpaired) electrons. The number of carboxylic acid groups (broad SMARTS) is 1. The molecule has 70 valence electrons. The third-order valence-corrected chi connectivity index (χ3v) is 1.55. The van der Waals surface area contributed by atoms with Crippen LogP contribution in [0.5, 0.6) is 0 Å². The molecule has 0 aliphatic carbocycles. The molecule has 0 spiro atoms. The third kappa shape index (κ3) is 2.40. The third-order valence-electron chi connectivity index (χ3n) is 1.55. The number of hydrogen-bond acceptors (Lipinski definition) is 4. The van der Waals surface area contributed by atoms with Crippen molar-refractivity contribution in [1.29, 1.82) is 0 Å². The lowest BCUT2D eigenvalue weighted by atomic mass is 10.1. The summed E-state index contributed by atoms with van der Waals surface area (Å²) < 4.78 is 0. The molecule has 2 N–H and O–H groups in total. The zero-order valence-electron chi connectivity index (χ0n) is 7.48. The van der Waals surface area contributed by atoms with E-state index in [0.717, 1.165) is 0 Å². The van der Waals surface area contributed by atoms with Crippen LogP contribution in [0.1, 0.15) is 13.8 Å². The van der Waals surface area contributed by atoms with E-state index in [0.29, 0.717) is 5.82 Å². The van der Waals surface area contributed by atoms with Crippen LogP contribution in [-0.2, 0) is 4.79 Å². The Labute approximate surface area is 75.8 Å². The van der Waals surface area contributed by atoms with E-state index in [-0.39, 0.29) is 0 Å².